The van der Waals surface area contributed by atoms with Gasteiger partial charge in [-0.25, -0.2) is 8.78 Å². The fourth-order valence-corrected chi connectivity index (χ4v) is 2.19. The number of hydrogen-bond donors (Lipinski definition) is 1. The summed E-state index contributed by atoms with van der Waals surface area (Å²) in [6.07, 6.45) is -0.265. The Bertz CT molecular complexity index is 677. The third-order valence-electron chi connectivity index (χ3n) is 2.82. The van der Waals surface area contributed by atoms with E-state index in [9.17, 15) is 13.6 Å². The molecular formula is C15H12BrF2NO2. The van der Waals surface area contributed by atoms with Gasteiger partial charge in [-0.15, -0.1) is 0 Å². The Kier molecular flexibility index (Phi) is 4.90. The van der Waals surface area contributed by atoms with E-state index in [0.29, 0.717) is 11.4 Å². The highest BCUT2D eigenvalue weighted by atomic mass is 79.9. The molecule has 0 unspecified atom stereocenters. The van der Waals surface area contributed by atoms with E-state index in [1.54, 1.807) is 18.2 Å². The van der Waals surface area contributed by atoms with E-state index in [0.717, 1.165) is 10.5 Å². The Labute approximate surface area is 129 Å². The predicted molar refractivity (Wildman–Crippen MR) is 79.4 cm³/mol. The van der Waals surface area contributed by atoms with Crippen LogP contribution in [0.25, 0.3) is 0 Å². The molecule has 0 saturated heterocycles. The Morgan fingerprint density at radius 1 is 1.29 bits per heavy atom. The van der Waals surface area contributed by atoms with Gasteiger partial charge in [0.05, 0.1) is 19.2 Å². The Morgan fingerprint density at radius 2 is 2.05 bits per heavy atom. The van der Waals surface area contributed by atoms with Crippen LogP contribution in [0.15, 0.2) is 40.9 Å². The quantitative estimate of drug-likeness (QED) is 0.902. The standard InChI is InChI=1S/C15H12BrF2NO2/c1-21-13-6-5-10(16)8-12(13)19-14(20)7-9-3-2-4-11(17)15(9)18/h2-6,8H,7H2,1H3,(H,19,20). The number of hydrogen-bond acceptors (Lipinski definition) is 2. The molecule has 110 valence electrons. The Hall–Kier alpha value is -1.95. The van der Waals surface area contributed by atoms with E-state index >= 15 is 0 Å². The van der Waals surface area contributed by atoms with Gasteiger partial charge in [-0.1, -0.05) is 28.1 Å². The van der Waals surface area contributed by atoms with E-state index in [4.69, 9.17) is 4.74 Å². The fraction of sp³-hybridized carbons (Fsp3) is 0.133. The Morgan fingerprint density at radius 3 is 2.76 bits per heavy atom. The van der Waals surface area contributed by atoms with Gasteiger partial charge in [-0.3, -0.25) is 4.79 Å². The number of benzene rings is 2. The number of carbonyl (C=O) groups excluding carboxylic acids is 1. The summed E-state index contributed by atoms with van der Waals surface area (Å²) in [4.78, 5) is 12.0. The zero-order valence-electron chi connectivity index (χ0n) is 11.1. The van der Waals surface area contributed by atoms with Crippen molar-refractivity contribution < 1.29 is 18.3 Å². The summed E-state index contributed by atoms with van der Waals surface area (Å²) < 4.78 is 32.5. The minimum atomic E-state index is -1.01. The molecule has 0 aliphatic rings. The van der Waals surface area contributed by atoms with Gasteiger partial charge in [-0.2, -0.15) is 0 Å². The first kappa shape index (κ1) is 15.4. The average molecular weight is 356 g/mol. The van der Waals surface area contributed by atoms with Crippen molar-refractivity contribution in [2.24, 2.45) is 0 Å². The summed E-state index contributed by atoms with van der Waals surface area (Å²) in [6.45, 7) is 0. The lowest BCUT2D eigenvalue weighted by molar-refractivity contribution is -0.115. The number of nitrogens with one attached hydrogen (secondary N) is 1. The molecular weight excluding hydrogens is 344 g/mol. The van der Waals surface area contributed by atoms with Crippen LogP contribution in [0.3, 0.4) is 0 Å². The van der Waals surface area contributed by atoms with Crippen molar-refractivity contribution in [2.75, 3.05) is 12.4 Å². The van der Waals surface area contributed by atoms with Crippen molar-refractivity contribution in [1.82, 2.24) is 0 Å². The third kappa shape index (κ3) is 3.78. The molecule has 2 rings (SSSR count). The number of carbonyl (C=O) groups is 1. The summed E-state index contributed by atoms with van der Waals surface area (Å²) in [6, 6.07) is 8.85. The van der Waals surface area contributed by atoms with E-state index in [1.807, 2.05) is 0 Å². The third-order valence-corrected chi connectivity index (χ3v) is 3.31. The molecule has 0 saturated carbocycles. The molecule has 0 fully saturated rings. The van der Waals surface area contributed by atoms with E-state index < -0.39 is 17.5 Å². The molecule has 0 bridgehead atoms. The van der Waals surface area contributed by atoms with Crippen molar-refractivity contribution in [3.8, 4) is 5.75 Å². The van der Waals surface area contributed by atoms with Crippen molar-refractivity contribution in [2.45, 2.75) is 6.42 Å². The van der Waals surface area contributed by atoms with Crippen molar-refractivity contribution in [3.63, 3.8) is 0 Å². The average Bonchev–Trinajstić information content (AvgIpc) is 2.44. The molecule has 2 aromatic rings. The molecule has 3 nitrogen and oxygen atoms in total. The molecule has 0 spiro atoms. The molecule has 21 heavy (non-hydrogen) atoms. The number of anilines is 1. The maximum absolute atomic E-state index is 13.5. The van der Waals surface area contributed by atoms with Crippen LogP contribution in [0.4, 0.5) is 14.5 Å². The van der Waals surface area contributed by atoms with Crippen LogP contribution in [0.5, 0.6) is 5.75 Å². The monoisotopic (exact) mass is 355 g/mol. The maximum Gasteiger partial charge on any atom is 0.229 e. The van der Waals surface area contributed by atoms with E-state index in [1.165, 1.54) is 19.2 Å². The highest BCUT2D eigenvalue weighted by Crippen LogP contribution is 2.28. The van der Waals surface area contributed by atoms with Gasteiger partial charge >= 0.3 is 0 Å². The highest BCUT2D eigenvalue weighted by Gasteiger charge is 2.13. The van der Waals surface area contributed by atoms with Gasteiger partial charge in [0.15, 0.2) is 11.6 Å². The van der Waals surface area contributed by atoms with Gasteiger partial charge in [-0.05, 0) is 24.3 Å². The minimum Gasteiger partial charge on any atom is -0.495 e. The molecule has 1 amide bonds. The summed E-state index contributed by atoms with van der Waals surface area (Å²) in [5.41, 5.74) is 0.454. The van der Waals surface area contributed by atoms with Crippen molar-refractivity contribution in [3.05, 3.63) is 58.1 Å². The molecule has 0 aliphatic carbocycles. The number of amides is 1. The minimum absolute atomic E-state index is 0.00136. The first-order valence-corrected chi connectivity index (χ1v) is 6.87. The van der Waals surface area contributed by atoms with E-state index in [2.05, 4.69) is 21.2 Å². The summed E-state index contributed by atoms with van der Waals surface area (Å²) in [5, 5.41) is 2.61. The predicted octanol–water partition coefficient (Wildman–Crippen LogP) is 3.92. The molecule has 6 heteroatoms. The van der Waals surface area contributed by atoms with Crippen LogP contribution in [0.2, 0.25) is 0 Å². The van der Waals surface area contributed by atoms with Crippen molar-refractivity contribution in [1.29, 1.82) is 0 Å². The number of halogens is 3. The van der Waals surface area contributed by atoms with Crippen LogP contribution < -0.4 is 10.1 Å². The summed E-state index contributed by atoms with van der Waals surface area (Å²) >= 11 is 3.29. The number of methoxy groups -OCH3 is 1. The molecule has 0 radical (unpaired) electrons. The van der Waals surface area contributed by atoms with Crippen molar-refractivity contribution >= 4 is 27.5 Å². The second kappa shape index (κ2) is 6.67. The van der Waals surface area contributed by atoms with Crippen LogP contribution in [0, 0.1) is 11.6 Å². The highest BCUT2D eigenvalue weighted by molar-refractivity contribution is 9.10. The molecule has 0 heterocycles. The van der Waals surface area contributed by atoms with Crippen LogP contribution in [0.1, 0.15) is 5.56 Å². The maximum atomic E-state index is 13.5. The molecule has 0 atom stereocenters. The number of rotatable bonds is 4. The molecule has 0 aromatic heterocycles. The first-order chi connectivity index (χ1) is 10.0. The zero-order chi connectivity index (χ0) is 15.4. The lowest BCUT2D eigenvalue weighted by Crippen LogP contribution is -2.16. The van der Waals surface area contributed by atoms with Crippen LogP contribution in [-0.4, -0.2) is 13.0 Å². The van der Waals surface area contributed by atoms with Gasteiger partial charge in [0.2, 0.25) is 5.91 Å². The molecule has 1 N–H and O–H groups in total. The topological polar surface area (TPSA) is 38.3 Å². The fourth-order valence-electron chi connectivity index (χ4n) is 1.83. The molecule has 0 aliphatic heterocycles. The zero-order valence-corrected chi connectivity index (χ0v) is 12.7. The second-order valence-corrected chi connectivity index (χ2v) is 5.20. The van der Waals surface area contributed by atoms with Gasteiger partial charge < -0.3 is 10.1 Å². The summed E-state index contributed by atoms with van der Waals surface area (Å²) in [7, 11) is 1.48. The van der Waals surface area contributed by atoms with Gasteiger partial charge in [0, 0.05) is 10.0 Å². The lowest BCUT2D eigenvalue weighted by atomic mass is 10.1. The SMILES string of the molecule is COc1ccc(Br)cc1NC(=O)Cc1cccc(F)c1F. The van der Waals surface area contributed by atoms with Gasteiger partial charge in [0.1, 0.15) is 5.75 Å². The van der Waals surface area contributed by atoms with Crippen LogP contribution in [-0.2, 0) is 11.2 Å². The largest absolute Gasteiger partial charge is 0.495 e. The first-order valence-electron chi connectivity index (χ1n) is 6.07. The number of ether oxygens (including phenoxy) is 1. The van der Waals surface area contributed by atoms with E-state index in [-0.39, 0.29) is 12.0 Å². The van der Waals surface area contributed by atoms with Gasteiger partial charge in [0.25, 0.3) is 0 Å². The molecule has 2 aromatic carbocycles. The Balaban J connectivity index is 2.15. The smallest absolute Gasteiger partial charge is 0.229 e. The normalized spacial score (nSPS) is 10.3. The second-order valence-electron chi connectivity index (χ2n) is 4.28. The summed E-state index contributed by atoms with van der Waals surface area (Å²) in [5.74, 6) is -1.96. The lowest BCUT2D eigenvalue weighted by Gasteiger charge is -2.11. The van der Waals surface area contributed by atoms with Crippen LogP contribution >= 0.6 is 15.9 Å².